The van der Waals surface area contributed by atoms with Gasteiger partial charge in [0.15, 0.2) is 0 Å². The molecular weight excluding hydrogens is 248 g/mol. The lowest BCUT2D eigenvalue weighted by atomic mass is 10.1. The van der Waals surface area contributed by atoms with E-state index in [1.807, 2.05) is 0 Å². The molecular formula is C13H14N2O4. The molecule has 1 fully saturated rings. The molecule has 1 aliphatic rings. The summed E-state index contributed by atoms with van der Waals surface area (Å²) < 4.78 is 0. The number of benzene rings is 1. The SMILES string of the molecule is NC(=O)c1cccc(C(=O)NC(C(=O)O)C2CC2)c1. The van der Waals surface area contributed by atoms with E-state index in [9.17, 15) is 14.4 Å². The first-order valence-corrected chi connectivity index (χ1v) is 5.92. The number of carboxylic acid groups (broad SMARTS) is 1. The highest BCUT2D eigenvalue weighted by Gasteiger charge is 2.37. The lowest BCUT2D eigenvalue weighted by Crippen LogP contribution is -2.42. The van der Waals surface area contributed by atoms with E-state index in [1.165, 1.54) is 24.3 Å². The van der Waals surface area contributed by atoms with Gasteiger partial charge in [-0.25, -0.2) is 4.79 Å². The zero-order valence-electron chi connectivity index (χ0n) is 10.1. The number of hydrogen-bond acceptors (Lipinski definition) is 3. The van der Waals surface area contributed by atoms with Crippen molar-refractivity contribution in [1.29, 1.82) is 0 Å². The predicted octanol–water partition coefficient (Wildman–Crippen LogP) is 0.378. The Morgan fingerprint density at radius 1 is 1.26 bits per heavy atom. The van der Waals surface area contributed by atoms with Crippen molar-refractivity contribution in [2.24, 2.45) is 11.7 Å². The van der Waals surface area contributed by atoms with E-state index in [4.69, 9.17) is 10.8 Å². The minimum absolute atomic E-state index is 0.000716. The van der Waals surface area contributed by atoms with E-state index < -0.39 is 23.8 Å². The highest BCUT2D eigenvalue weighted by atomic mass is 16.4. The number of carbonyl (C=O) groups excluding carboxylic acids is 2. The monoisotopic (exact) mass is 262 g/mol. The molecule has 1 saturated carbocycles. The van der Waals surface area contributed by atoms with Crippen LogP contribution in [0, 0.1) is 5.92 Å². The van der Waals surface area contributed by atoms with Crippen LogP contribution in [0.15, 0.2) is 24.3 Å². The minimum atomic E-state index is -1.04. The molecule has 4 N–H and O–H groups in total. The van der Waals surface area contributed by atoms with Gasteiger partial charge >= 0.3 is 5.97 Å². The molecule has 2 rings (SSSR count). The number of nitrogens with two attached hydrogens (primary N) is 1. The van der Waals surface area contributed by atoms with Crippen LogP contribution in [-0.2, 0) is 4.79 Å². The van der Waals surface area contributed by atoms with Crippen molar-refractivity contribution in [3.05, 3.63) is 35.4 Å². The lowest BCUT2D eigenvalue weighted by molar-refractivity contribution is -0.139. The second-order valence-corrected chi connectivity index (χ2v) is 4.57. The van der Waals surface area contributed by atoms with E-state index in [-0.39, 0.29) is 17.0 Å². The lowest BCUT2D eigenvalue weighted by Gasteiger charge is -2.13. The Balaban J connectivity index is 2.12. The molecule has 1 unspecified atom stereocenters. The standard InChI is InChI=1S/C13H14N2O4/c14-11(16)8-2-1-3-9(6-8)12(17)15-10(13(18)19)7-4-5-7/h1-3,6-7,10H,4-5H2,(H2,14,16)(H,15,17)(H,18,19). The summed E-state index contributed by atoms with van der Waals surface area (Å²) in [4.78, 5) is 34.0. The Kier molecular flexibility index (Phi) is 3.50. The van der Waals surface area contributed by atoms with Crippen molar-refractivity contribution in [1.82, 2.24) is 5.32 Å². The Hall–Kier alpha value is -2.37. The first-order chi connectivity index (χ1) is 8.99. The van der Waals surface area contributed by atoms with Gasteiger partial charge in [-0.1, -0.05) is 6.07 Å². The van der Waals surface area contributed by atoms with Crippen molar-refractivity contribution < 1.29 is 19.5 Å². The Morgan fingerprint density at radius 3 is 2.42 bits per heavy atom. The van der Waals surface area contributed by atoms with Crippen LogP contribution in [0.5, 0.6) is 0 Å². The number of carboxylic acids is 1. The molecule has 2 amide bonds. The van der Waals surface area contributed by atoms with E-state index in [0.29, 0.717) is 0 Å². The molecule has 1 aromatic rings. The molecule has 0 bridgehead atoms. The first-order valence-electron chi connectivity index (χ1n) is 5.92. The number of amides is 2. The average molecular weight is 262 g/mol. The predicted molar refractivity (Wildman–Crippen MR) is 66.6 cm³/mol. The maximum atomic E-state index is 11.9. The largest absolute Gasteiger partial charge is 0.480 e. The highest BCUT2D eigenvalue weighted by Crippen LogP contribution is 2.32. The van der Waals surface area contributed by atoms with Crippen LogP contribution >= 0.6 is 0 Å². The van der Waals surface area contributed by atoms with Crippen molar-refractivity contribution in [2.45, 2.75) is 18.9 Å². The maximum absolute atomic E-state index is 11.9. The van der Waals surface area contributed by atoms with Crippen LogP contribution in [-0.4, -0.2) is 28.9 Å². The summed E-state index contributed by atoms with van der Waals surface area (Å²) in [7, 11) is 0. The number of primary amides is 1. The fraction of sp³-hybridized carbons (Fsp3) is 0.308. The molecule has 1 aromatic carbocycles. The van der Waals surface area contributed by atoms with Crippen molar-refractivity contribution in [3.63, 3.8) is 0 Å². The molecule has 0 heterocycles. The molecule has 19 heavy (non-hydrogen) atoms. The number of hydrogen-bond donors (Lipinski definition) is 3. The van der Waals surface area contributed by atoms with E-state index in [1.54, 1.807) is 0 Å². The number of carbonyl (C=O) groups is 3. The summed E-state index contributed by atoms with van der Waals surface area (Å²) in [5.74, 6) is -2.18. The quantitative estimate of drug-likeness (QED) is 0.712. The third-order valence-corrected chi connectivity index (χ3v) is 3.06. The Bertz CT molecular complexity index is 537. The van der Waals surface area contributed by atoms with Crippen LogP contribution in [0.25, 0.3) is 0 Å². The summed E-state index contributed by atoms with van der Waals surface area (Å²) in [5, 5.41) is 11.5. The molecule has 0 aromatic heterocycles. The van der Waals surface area contributed by atoms with Crippen LogP contribution in [0.1, 0.15) is 33.6 Å². The van der Waals surface area contributed by atoms with E-state index in [2.05, 4.69) is 5.32 Å². The molecule has 0 saturated heterocycles. The fourth-order valence-electron chi connectivity index (χ4n) is 1.85. The molecule has 0 radical (unpaired) electrons. The van der Waals surface area contributed by atoms with Crippen molar-refractivity contribution in [2.75, 3.05) is 0 Å². The topological polar surface area (TPSA) is 109 Å². The number of rotatable bonds is 5. The van der Waals surface area contributed by atoms with Gasteiger partial charge in [0.1, 0.15) is 6.04 Å². The Labute approximate surface area is 109 Å². The summed E-state index contributed by atoms with van der Waals surface area (Å²) in [6.07, 6.45) is 1.61. The molecule has 6 heteroatoms. The normalized spacial score (nSPS) is 15.6. The molecule has 0 spiro atoms. The summed E-state index contributed by atoms with van der Waals surface area (Å²) in [6, 6.07) is 5.01. The van der Waals surface area contributed by atoms with Crippen LogP contribution < -0.4 is 11.1 Å². The average Bonchev–Trinajstić information content (AvgIpc) is 3.19. The molecule has 1 aliphatic carbocycles. The second-order valence-electron chi connectivity index (χ2n) is 4.57. The van der Waals surface area contributed by atoms with Gasteiger partial charge < -0.3 is 16.2 Å². The van der Waals surface area contributed by atoms with Crippen LogP contribution in [0.3, 0.4) is 0 Å². The number of nitrogens with one attached hydrogen (secondary N) is 1. The Morgan fingerprint density at radius 2 is 1.89 bits per heavy atom. The first kappa shape index (κ1) is 13.1. The van der Waals surface area contributed by atoms with Gasteiger partial charge in [0, 0.05) is 11.1 Å². The van der Waals surface area contributed by atoms with Gasteiger partial charge in [-0.2, -0.15) is 0 Å². The highest BCUT2D eigenvalue weighted by molar-refractivity contribution is 6.00. The van der Waals surface area contributed by atoms with Crippen LogP contribution in [0.4, 0.5) is 0 Å². The fourth-order valence-corrected chi connectivity index (χ4v) is 1.85. The smallest absolute Gasteiger partial charge is 0.326 e. The van der Waals surface area contributed by atoms with Crippen molar-refractivity contribution >= 4 is 17.8 Å². The molecule has 1 atom stereocenters. The van der Waals surface area contributed by atoms with Crippen molar-refractivity contribution in [3.8, 4) is 0 Å². The minimum Gasteiger partial charge on any atom is -0.480 e. The molecule has 6 nitrogen and oxygen atoms in total. The summed E-state index contributed by atoms with van der Waals surface area (Å²) >= 11 is 0. The van der Waals surface area contributed by atoms with E-state index >= 15 is 0 Å². The van der Waals surface area contributed by atoms with Gasteiger partial charge in [-0.05, 0) is 37.0 Å². The summed E-state index contributed by atoms with van der Waals surface area (Å²) in [5.41, 5.74) is 5.56. The van der Waals surface area contributed by atoms with Gasteiger partial charge in [-0.15, -0.1) is 0 Å². The van der Waals surface area contributed by atoms with Gasteiger partial charge in [0.2, 0.25) is 5.91 Å². The molecule has 0 aliphatic heterocycles. The third kappa shape index (κ3) is 3.09. The zero-order valence-corrected chi connectivity index (χ0v) is 10.1. The maximum Gasteiger partial charge on any atom is 0.326 e. The number of aliphatic carboxylic acids is 1. The summed E-state index contributed by atoms with van der Waals surface area (Å²) in [6.45, 7) is 0. The van der Waals surface area contributed by atoms with E-state index in [0.717, 1.165) is 12.8 Å². The van der Waals surface area contributed by atoms with Gasteiger partial charge in [0.25, 0.3) is 5.91 Å². The van der Waals surface area contributed by atoms with Gasteiger partial charge in [0.05, 0.1) is 0 Å². The van der Waals surface area contributed by atoms with Crippen LogP contribution in [0.2, 0.25) is 0 Å². The van der Waals surface area contributed by atoms with Gasteiger partial charge in [-0.3, -0.25) is 9.59 Å². The molecule has 100 valence electrons. The third-order valence-electron chi connectivity index (χ3n) is 3.06. The zero-order chi connectivity index (χ0) is 14.0. The second kappa shape index (κ2) is 5.09.